The maximum atomic E-state index is 13.0. The van der Waals surface area contributed by atoms with Crippen molar-refractivity contribution < 1.29 is 18.7 Å². The van der Waals surface area contributed by atoms with Crippen LogP contribution in [0.1, 0.15) is 17.8 Å². The van der Waals surface area contributed by atoms with Gasteiger partial charge in [0.05, 0.1) is 18.2 Å². The van der Waals surface area contributed by atoms with Crippen LogP contribution in [0.3, 0.4) is 0 Å². The number of benzene rings is 1. The zero-order valence-electron chi connectivity index (χ0n) is 14.0. The van der Waals surface area contributed by atoms with Crippen molar-refractivity contribution >= 4 is 35.1 Å². The molecule has 1 unspecified atom stereocenters. The van der Waals surface area contributed by atoms with Crippen LogP contribution in [-0.2, 0) is 9.53 Å². The Morgan fingerprint density at radius 1 is 1.31 bits per heavy atom. The first-order valence-corrected chi connectivity index (χ1v) is 9.84. The highest BCUT2D eigenvalue weighted by Gasteiger charge is 2.34. The van der Waals surface area contributed by atoms with Gasteiger partial charge in [-0.05, 0) is 42.6 Å². The molecular weight excluding hydrogens is 375 g/mol. The van der Waals surface area contributed by atoms with Crippen molar-refractivity contribution in [1.82, 2.24) is 10.6 Å². The van der Waals surface area contributed by atoms with Crippen molar-refractivity contribution in [2.75, 3.05) is 12.4 Å². The number of urea groups is 1. The molecule has 1 aliphatic rings. The summed E-state index contributed by atoms with van der Waals surface area (Å²) < 4.78 is 18.3. The van der Waals surface area contributed by atoms with E-state index in [2.05, 4.69) is 10.6 Å². The lowest BCUT2D eigenvalue weighted by atomic mass is 10.0. The normalized spacial score (nSPS) is 16.8. The van der Waals surface area contributed by atoms with Crippen LogP contribution in [0.2, 0.25) is 0 Å². The topological polar surface area (TPSA) is 67.4 Å². The van der Waals surface area contributed by atoms with E-state index < -0.39 is 12.0 Å². The zero-order valence-corrected chi connectivity index (χ0v) is 15.6. The van der Waals surface area contributed by atoms with Gasteiger partial charge in [-0.3, -0.25) is 0 Å². The molecule has 2 aromatic rings. The number of thiophene rings is 1. The van der Waals surface area contributed by atoms with E-state index in [-0.39, 0.29) is 18.5 Å². The number of ether oxygens (including phenoxy) is 1. The van der Waals surface area contributed by atoms with Gasteiger partial charge in [0, 0.05) is 21.2 Å². The maximum Gasteiger partial charge on any atom is 0.338 e. The Morgan fingerprint density at radius 3 is 2.73 bits per heavy atom. The van der Waals surface area contributed by atoms with Gasteiger partial charge in [-0.25, -0.2) is 14.0 Å². The van der Waals surface area contributed by atoms with Gasteiger partial charge in [0.15, 0.2) is 0 Å². The molecule has 0 aliphatic carbocycles. The maximum absolute atomic E-state index is 13.0. The summed E-state index contributed by atoms with van der Waals surface area (Å²) in [5.41, 5.74) is 0.892. The Labute approximate surface area is 158 Å². The van der Waals surface area contributed by atoms with Crippen molar-refractivity contribution in [1.29, 1.82) is 0 Å². The van der Waals surface area contributed by atoms with E-state index >= 15 is 0 Å². The molecule has 0 spiro atoms. The van der Waals surface area contributed by atoms with Crippen LogP contribution >= 0.6 is 23.1 Å². The fourth-order valence-electron chi connectivity index (χ4n) is 2.54. The molecule has 0 saturated heterocycles. The highest BCUT2D eigenvalue weighted by atomic mass is 32.2. The van der Waals surface area contributed by atoms with E-state index in [1.807, 2.05) is 17.5 Å². The molecule has 2 amide bonds. The molecule has 2 heterocycles. The summed E-state index contributed by atoms with van der Waals surface area (Å²) >= 11 is 2.86. The number of halogens is 1. The minimum absolute atomic E-state index is 0.242. The van der Waals surface area contributed by atoms with Gasteiger partial charge in [0.2, 0.25) is 0 Å². The summed E-state index contributed by atoms with van der Waals surface area (Å²) in [5.74, 6) is -0.420. The third-order valence-corrected chi connectivity index (χ3v) is 5.65. The van der Waals surface area contributed by atoms with Crippen molar-refractivity contribution in [2.24, 2.45) is 0 Å². The van der Waals surface area contributed by atoms with Gasteiger partial charge < -0.3 is 15.4 Å². The standard InChI is InChI=1S/C18H17FN2O3S2/c1-2-24-17(22)15-13(10-26-12-7-5-11(19)6-8-12)20-18(23)21-16(15)14-4-3-9-25-14/h3-9,16H,2,10H2,1H3,(H2,20,21,23). The molecule has 3 rings (SSSR count). The Morgan fingerprint density at radius 2 is 2.08 bits per heavy atom. The predicted molar refractivity (Wildman–Crippen MR) is 99.5 cm³/mol. The molecule has 1 aromatic heterocycles. The van der Waals surface area contributed by atoms with Gasteiger partial charge in [0.1, 0.15) is 5.82 Å². The fraction of sp³-hybridized carbons (Fsp3) is 0.222. The van der Waals surface area contributed by atoms with E-state index in [9.17, 15) is 14.0 Å². The Bertz CT molecular complexity index is 819. The Hall–Kier alpha value is -2.32. The summed E-state index contributed by atoms with van der Waals surface area (Å²) in [6.07, 6.45) is 0. The van der Waals surface area contributed by atoms with Crippen LogP contribution in [0, 0.1) is 5.82 Å². The first-order valence-electron chi connectivity index (χ1n) is 7.98. The molecule has 8 heteroatoms. The Kier molecular flexibility index (Phi) is 5.95. The second-order valence-corrected chi connectivity index (χ2v) is 7.43. The average Bonchev–Trinajstić information content (AvgIpc) is 3.15. The van der Waals surface area contributed by atoms with Crippen LogP contribution in [0.5, 0.6) is 0 Å². The minimum Gasteiger partial charge on any atom is -0.463 e. The third kappa shape index (κ3) is 4.25. The number of thioether (sulfide) groups is 1. The Balaban J connectivity index is 1.91. The van der Waals surface area contributed by atoms with Gasteiger partial charge in [-0.15, -0.1) is 23.1 Å². The third-order valence-electron chi connectivity index (χ3n) is 3.67. The highest BCUT2D eigenvalue weighted by Crippen LogP contribution is 2.32. The monoisotopic (exact) mass is 392 g/mol. The van der Waals surface area contributed by atoms with Crippen molar-refractivity contribution in [3.05, 3.63) is 63.7 Å². The van der Waals surface area contributed by atoms with E-state index in [1.54, 1.807) is 19.1 Å². The number of amides is 2. The second-order valence-electron chi connectivity index (χ2n) is 5.40. The van der Waals surface area contributed by atoms with E-state index in [4.69, 9.17) is 4.74 Å². The van der Waals surface area contributed by atoms with Crippen LogP contribution in [0.4, 0.5) is 9.18 Å². The van der Waals surface area contributed by atoms with Crippen LogP contribution in [-0.4, -0.2) is 24.4 Å². The molecular formula is C18H17FN2O3S2. The van der Waals surface area contributed by atoms with Crippen LogP contribution in [0.25, 0.3) is 0 Å². The van der Waals surface area contributed by atoms with Gasteiger partial charge in [0.25, 0.3) is 0 Å². The van der Waals surface area contributed by atoms with Gasteiger partial charge in [-0.1, -0.05) is 6.07 Å². The number of esters is 1. The van der Waals surface area contributed by atoms with Crippen molar-refractivity contribution in [3.63, 3.8) is 0 Å². The molecule has 1 aromatic carbocycles. The van der Waals surface area contributed by atoms with Crippen LogP contribution < -0.4 is 10.6 Å². The molecule has 26 heavy (non-hydrogen) atoms. The fourth-order valence-corrected chi connectivity index (χ4v) is 4.19. The molecule has 1 aliphatic heterocycles. The molecule has 0 saturated carbocycles. The summed E-state index contributed by atoms with van der Waals surface area (Å²) in [6.45, 7) is 1.98. The first kappa shape index (κ1) is 18.5. The summed E-state index contributed by atoms with van der Waals surface area (Å²) in [6, 6.07) is 8.87. The smallest absolute Gasteiger partial charge is 0.338 e. The minimum atomic E-state index is -0.549. The molecule has 1 atom stereocenters. The molecule has 0 fully saturated rings. The van der Waals surface area contributed by atoms with E-state index in [1.165, 1.54) is 35.2 Å². The van der Waals surface area contributed by atoms with Crippen molar-refractivity contribution in [2.45, 2.75) is 17.9 Å². The number of hydrogen-bond acceptors (Lipinski definition) is 5. The molecule has 0 bridgehead atoms. The largest absolute Gasteiger partial charge is 0.463 e. The lowest BCUT2D eigenvalue weighted by molar-refractivity contribution is -0.139. The average molecular weight is 392 g/mol. The quantitative estimate of drug-likeness (QED) is 0.579. The lowest BCUT2D eigenvalue weighted by Gasteiger charge is -2.28. The molecule has 0 radical (unpaired) electrons. The number of hydrogen-bond donors (Lipinski definition) is 2. The number of rotatable bonds is 6. The number of carbonyl (C=O) groups is 2. The molecule has 2 N–H and O–H groups in total. The zero-order chi connectivity index (χ0) is 18.5. The lowest BCUT2D eigenvalue weighted by Crippen LogP contribution is -2.46. The SMILES string of the molecule is CCOC(=O)C1=C(CSc2ccc(F)cc2)NC(=O)NC1c1cccs1. The van der Waals surface area contributed by atoms with Crippen molar-refractivity contribution in [3.8, 4) is 0 Å². The number of nitrogens with one attached hydrogen (secondary N) is 2. The summed E-state index contributed by atoms with van der Waals surface area (Å²) in [4.78, 5) is 26.3. The van der Waals surface area contributed by atoms with E-state index in [0.717, 1.165) is 9.77 Å². The molecule has 5 nitrogen and oxygen atoms in total. The predicted octanol–water partition coefficient (Wildman–Crippen LogP) is 3.85. The van der Waals surface area contributed by atoms with E-state index in [0.29, 0.717) is 17.0 Å². The summed E-state index contributed by atoms with van der Waals surface area (Å²) in [7, 11) is 0. The second kappa shape index (κ2) is 8.37. The van der Waals surface area contributed by atoms with Crippen LogP contribution in [0.15, 0.2) is 57.9 Å². The highest BCUT2D eigenvalue weighted by molar-refractivity contribution is 7.99. The van der Waals surface area contributed by atoms with Gasteiger partial charge in [-0.2, -0.15) is 0 Å². The first-order chi connectivity index (χ1) is 12.6. The molecule has 136 valence electrons. The summed E-state index contributed by atoms with van der Waals surface area (Å²) in [5, 5.41) is 7.39. The van der Waals surface area contributed by atoms with Gasteiger partial charge >= 0.3 is 12.0 Å². The number of carbonyl (C=O) groups excluding carboxylic acids is 2.